The molecule has 0 radical (unpaired) electrons. The molecule has 0 unspecified atom stereocenters. The van der Waals surface area contributed by atoms with Crippen LogP contribution in [0.25, 0.3) is 0 Å². The lowest BCUT2D eigenvalue weighted by Gasteiger charge is -2.19. The third kappa shape index (κ3) is 3.49. The van der Waals surface area contributed by atoms with Crippen LogP contribution in [0, 0.1) is 23.2 Å². The number of aromatic nitrogens is 1. The Balaban J connectivity index is 1.60. The zero-order valence-corrected chi connectivity index (χ0v) is 13.7. The van der Waals surface area contributed by atoms with Crippen LogP contribution in [-0.2, 0) is 4.79 Å². The van der Waals surface area contributed by atoms with Gasteiger partial charge in [-0.25, -0.2) is 4.98 Å². The molecular formula is C17H23N3OS. The van der Waals surface area contributed by atoms with Crippen LogP contribution in [0.15, 0.2) is 6.20 Å². The SMILES string of the molecule is N#CC[C@@H]1CCC[C@@H]1C(=O)Nc1ncc(C2CCCCC2)s1. The number of carbonyl (C=O) groups is 1. The van der Waals surface area contributed by atoms with Gasteiger partial charge in [-0.1, -0.05) is 25.7 Å². The molecule has 0 aliphatic heterocycles. The van der Waals surface area contributed by atoms with Crippen LogP contribution in [0.1, 0.15) is 68.6 Å². The Kier molecular flexibility index (Phi) is 5.09. The lowest BCUT2D eigenvalue weighted by molar-refractivity contribution is -0.120. The summed E-state index contributed by atoms with van der Waals surface area (Å²) in [6, 6.07) is 2.21. The number of rotatable bonds is 4. The molecule has 0 spiro atoms. The van der Waals surface area contributed by atoms with Crippen LogP contribution >= 0.6 is 11.3 Å². The summed E-state index contributed by atoms with van der Waals surface area (Å²) in [5.74, 6) is 0.904. The molecule has 22 heavy (non-hydrogen) atoms. The highest BCUT2D eigenvalue weighted by atomic mass is 32.1. The maximum Gasteiger partial charge on any atom is 0.229 e. The number of nitrogens with zero attached hydrogens (tertiary/aromatic N) is 2. The zero-order chi connectivity index (χ0) is 15.4. The summed E-state index contributed by atoms with van der Waals surface area (Å²) in [7, 11) is 0. The third-order valence-electron chi connectivity index (χ3n) is 5.11. The van der Waals surface area contributed by atoms with Crippen molar-refractivity contribution in [2.45, 2.75) is 63.7 Å². The molecule has 2 aliphatic rings. The van der Waals surface area contributed by atoms with Gasteiger partial charge >= 0.3 is 0 Å². The maximum absolute atomic E-state index is 12.4. The van der Waals surface area contributed by atoms with E-state index >= 15 is 0 Å². The number of carbonyl (C=O) groups excluding carboxylic acids is 1. The van der Waals surface area contributed by atoms with E-state index in [0.717, 1.165) is 24.4 Å². The van der Waals surface area contributed by atoms with E-state index in [0.29, 0.717) is 12.3 Å². The van der Waals surface area contributed by atoms with E-state index < -0.39 is 0 Å². The van der Waals surface area contributed by atoms with Crippen molar-refractivity contribution in [1.82, 2.24) is 4.98 Å². The largest absolute Gasteiger partial charge is 0.302 e. The maximum atomic E-state index is 12.4. The third-order valence-corrected chi connectivity index (χ3v) is 6.19. The Morgan fingerprint density at radius 2 is 2.09 bits per heavy atom. The summed E-state index contributed by atoms with van der Waals surface area (Å²) in [6.07, 6.45) is 11.8. The number of anilines is 1. The van der Waals surface area contributed by atoms with Crippen LogP contribution < -0.4 is 5.32 Å². The fourth-order valence-electron chi connectivity index (χ4n) is 3.86. The van der Waals surface area contributed by atoms with E-state index in [2.05, 4.69) is 16.4 Å². The highest BCUT2D eigenvalue weighted by Gasteiger charge is 2.33. The molecule has 5 heteroatoms. The van der Waals surface area contributed by atoms with Gasteiger partial charge in [0.25, 0.3) is 0 Å². The molecule has 4 nitrogen and oxygen atoms in total. The molecule has 2 aliphatic carbocycles. The minimum atomic E-state index is -0.0123. The number of hydrogen-bond donors (Lipinski definition) is 1. The van der Waals surface area contributed by atoms with E-state index in [1.807, 2.05) is 6.20 Å². The first-order valence-electron chi connectivity index (χ1n) is 8.41. The monoisotopic (exact) mass is 317 g/mol. The fraction of sp³-hybridized carbons (Fsp3) is 0.706. The zero-order valence-electron chi connectivity index (χ0n) is 12.9. The minimum absolute atomic E-state index is 0.0123. The quantitative estimate of drug-likeness (QED) is 0.891. The van der Waals surface area contributed by atoms with Crippen LogP contribution in [0.4, 0.5) is 5.13 Å². The molecular weight excluding hydrogens is 294 g/mol. The van der Waals surface area contributed by atoms with Crippen LogP contribution in [0.2, 0.25) is 0 Å². The number of hydrogen-bond acceptors (Lipinski definition) is 4. The Morgan fingerprint density at radius 3 is 2.86 bits per heavy atom. The van der Waals surface area contributed by atoms with Gasteiger partial charge in [0.15, 0.2) is 5.13 Å². The Labute approximate surface area is 135 Å². The molecule has 1 heterocycles. The second kappa shape index (κ2) is 7.23. The number of amides is 1. The van der Waals surface area contributed by atoms with E-state index in [9.17, 15) is 4.79 Å². The van der Waals surface area contributed by atoms with Crippen molar-refractivity contribution >= 4 is 22.4 Å². The molecule has 2 atom stereocenters. The van der Waals surface area contributed by atoms with Gasteiger partial charge in [-0.05, 0) is 37.5 Å². The molecule has 1 amide bonds. The van der Waals surface area contributed by atoms with E-state index in [-0.39, 0.29) is 17.7 Å². The van der Waals surface area contributed by atoms with E-state index in [1.54, 1.807) is 11.3 Å². The van der Waals surface area contributed by atoms with Gasteiger partial charge in [0, 0.05) is 23.4 Å². The summed E-state index contributed by atoms with van der Waals surface area (Å²) < 4.78 is 0. The fourth-order valence-corrected chi connectivity index (χ4v) is 4.85. The van der Waals surface area contributed by atoms with Crippen LogP contribution in [-0.4, -0.2) is 10.9 Å². The molecule has 118 valence electrons. The average Bonchev–Trinajstić information content (AvgIpc) is 3.18. The topological polar surface area (TPSA) is 65.8 Å². The molecule has 0 saturated heterocycles. The summed E-state index contributed by atoms with van der Waals surface area (Å²) in [5, 5.41) is 12.6. The van der Waals surface area contributed by atoms with Crippen molar-refractivity contribution in [1.29, 1.82) is 5.26 Å². The number of thiazole rings is 1. The van der Waals surface area contributed by atoms with E-state index in [4.69, 9.17) is 5.26 Å². The highest BCUT2D eigenvalue weighted by Crippen LogP contribution is 2.38. The lowest BCUT2D eigenvalue weighted by Crippen LogP contribution is -2.25. The van der Waals surface area contributed by atoms with Crippen molar-refractivity contribution in [2.75, 3.05) is 5.32 Å². The minimum Gasteiger partial charge on any atom is -0.302 e. The van der Waals surface area contributed by atoms with Gasteiger partial charge in [0.2, 0.25) is 5.91 Å². The molecule has 0 aromatic carbocycles. The first-order chi connectivity index (χ1) is 10.8. The van der Waals surface area contributed by atoms with Gasteiger partial charge in [-0.3, -0.25) is 4.79 Å². The summed E-state index contributed by atoms with van der Waals surface area (Å²) >= 11 is 1.63. The summed E-state index contributed by atoms with van der Waals surface area (Å²) in [5.41, 5.74) is 0. The molecule has 1 N–H and O–H groups in total. The van der Waals surface area contributed by atoms with Gasteiger partial charge in [0.05, 0.1) is 6.07 Å². The van der Waals surface area contributed by atoms with Crippen molar-refractivity contribution in [2.24, 2.45) is 11.8 Å². The van der Waals surface area contributed by atoms with Gasteiger partial charge in [-0.15, -0.1) is 11.3 Å². The molecule has 2 fully saturated rings. The lowest BCUT2D eigenvalue weighted by atomic mass is 9.89. The predicted octanol–water partition coefficient (Wildman–Crippen LogP) is 4.46. The molecule has 0 bridgehead atoms. The first kappa shape index (κ1) is 15.5. The van der Waals surface area contributed by atoms with Crippen molar-refractivity contribution in [3.63, 3.8) is 0 Å². The van der Waals surface area contributed by atoms with Crippen LogP contribution in [0.5, 0.6) is 0 Å². The highest BCUT2D eigenvalue weighted by molar-refractivity contribution is 7.15. The second-order valence-electron chi connectivity index (χ2n) is 6.55. The second-order valence-corrected chi connectivity index (χ2v) is 7.61. The number of nitrogens with one attached hydrogen (secondary N) is 1. The Morgan fingerprint density at radius 1 is 1.27 bits per heavy atom. The molecule has 2 saturated carbocycles. The molecule has 1 aromatic rings. The normalized spacial score (nSPS) is 25.8. The average molecular weight is 317 g/mol. The Bertz CT molecular complexity index is 556. The van der Waals surface area contributed by atoms with Crippen molar-refractivity contribution in [3.05, 3.63) is 11.1 Å². The molecule has 1 aromatic heterocycles. The van der Waals surface area contributed by atoms with Gasteiger partial charge < -0.3 is 5.32 Å². The van der Waals surface area contributed by atoms with E-state index in [1.165, 1.54) is 37.0 Å². The van der Waals surface area contributed by atoms with Crippen LogP contribution in [0.3, 0.4) is 0 Å². The number of nitriles is 1. The van der Waals surface area contributed by atoms with Gasteiger partial charge in [0.1, 0.15) is 0 Å². The Hall–Kier alpha value is -1.41. The molecule has 3 rings (SSSR count). The standard InChI is InChI=1S/C17H23N3OS/c18-10-9-12-7-4-8-14(12)16(21)20-17-19-11-15(22-17)13-5-2-1-3-6-13/h11-14H,1-9H2,(H,19,20,21)/t12-,14-/m0/s1. The smallest absolute Gasteiger partial charge is 0.229 e. The first-order valence-corrected chi connectivity index (χ1v) is 9.23. The summed E-state index contributed by atoms with van der Waals surface area (Å²) in [6.45, 7) is 0. The van der Waals surface area contributed by atoms with Crippen molar-refractivity contribution in [3.8, 4) is 6.07 Å². The summed E-state index contributed by atoms with van der Waals surface area (Å²) in [4.78, 5) is 18.1. The van der Waals surface area contributed by atoms with Crippen molar-refractivity contribution < 1.29 is 4.79 Å². The predicted molar refractivity (Wildman–Crippen MR) is 87.6 cm³/mol. The van der Waals surface area contributed by atoms with Gasteiger partial charge in [-0.2, -0.15) is 5.26 Å².